The minimum atomic E-state index is -3.64. The van der Waals surface area contributed by atoms with Crippen LogP contribution >= 0.6 is 22.6 Å². The molecule has 0 atom stereocenters. The van der Waals surface area contributed by atoms with Crippen molar-refractivity contribution in [1.29, 1.82) is 0 Å². The fourth-order valence-corrected chi connectivity index (χ4v) is 2.99. The number of primary sulfonamides is 1. The second-order valence-electron chi connectivity index (χ2n) is 4.05. The van der Waals surface area contributed by atoms with Gasteiger partial charge in [-0.2, -0.15) is 0 Å². The maximum atomic E-state index is 11.2. The summed E-state index contributed by atoms with van der Waals surface area (Å²) in [5.41, 5.74) is 1.96. The highest BCUT2D eigenvalue weighted by atomic mass is 127. The fourth-order valence-electron chi connectivity index (χ4n) is 1.72. The third kappa shape index (κ3) is 3.26. The first-order valence-corrected chi connectivity index (χ1v) is 8.13. The molecule has 0 unspecified atom stereocenters. The maximum absolute atomic E-state index is 11.2. The molecule has 4 nitrogen and oxygen atoms in total. The van der Waals surface area contributed by atoms with Crippen molar-refractivity contribution >= 4 is 44.0 Å². The van der Waals surface area contributed by atoms with Crippen molar-refractivity contribution in [2.45, 2.75) is 4.90 Å². The molecule has 2 aromatic rings. The quantitative estimate of drug-likeness (QED) is 0.823. The third-order valence-electron chi connectivity index (χ3n) is 2.77. The van der Waals surface area contributed by atoms with Crippen molar-refractivity contribution in [2.24, 2.45) is 5.14 Å². The standard InChI is InChI=1S/C13H13IN2O2S/c1-16(13-5-3-2-4-12(13)14)10-6-8-11(9-7-10)19(15,17)18/h2-9H,1H3,(H2,15,17,18). The van der Waals surface area contributed by atoms with Gasteiger partial charge in [0.15, 0.2) is 0 Å². The van der Waals surface area contributed by atoms with Crippen molar-refractivity contribution in [3.05, 3.63) is 52.1 Å². The Kier molecular flexibility index (Phi) is 4.12. The molecule has 0 saturated carbocycles. The van der Waals surface area contributed by atoms with E-state index < -0.39 is 10.0 Å². The molecule has 0 aliphatic rings. The molecule has 0 heterocycles. The molecule has 0 saturated heterocycles. The summed E-state index contributed by atoms with van der Waals surface area (Å²) in [4.78, 5) is 2.11. The fraction of sp³-hybridized carbons (Fsp3) is 0.0769. The van der Waals surface area contributed by atoms with Crippen molar-refractivity contribution < 1.29 is 8.42 Å². The molecular formula is C13H13IN2O2S. The lowest BCUT2D eigenvalue weighted by atomic mass is 10.2. The molecule has 2 rings (SSSR count). The van der Waals surface area contributed by atoms with Crippen LogP contribution in [0, 0.1) is 3.57 Å². The van der Waals surface area contributed by atoms with Crippen LogP contribution < -0.4 is 10.0 Å². The zero-order valence-corrected chi connectivity index (χ0v) is 13.2. The van der Waals surface area contributed by atoms with Gasteiger partial charge in [-0.05, 0) is 59.0 Å². The molecule has 2 aromatic carbocycles. The van der Waals surface area contributed by atoms with E-state index in [4.69, 9.17) is 5.14 Å². The largest absolute Gasteiger partial charge is 0.344 e. The molecule has 100 valence electrons. The van der Waals surface area contributed by atoms with Crippen LogP contribution in [0.5, 0.6) is 0 Å². The normalized spacial score (nSPS) is 11.3. The second kappa shape index (κ2) is 5.48. The molecule has 0 aliphatic carbocycles. The van der Waals surface area contributed by atoms with Gasteiger partial charge in [-0.3, -0.25) is 0 Å². The number of sulfonamides is 1. The summed E-state index contributed by atoms with van der Waals surface area (Å²) in [6.07, 6.45) is 0. The molecule has 0 radical (unpaired) electrons. The van der Waals surface area contributed by atoms with E-state index in [0.717, 1.165) is 14.9 Å². The highest BCUT2D eigenvalue weighted by molar-refractivity contribution is 14.1. The Labute approximate surface area is 126 Å². The lowest BCUT2D eigenvalue weighted by Gasteiger charge is -2.21. The number of para-hydroxylation sites is 1. The van der Waals surface area contributed by atoms with Gasteiger partial charge < -0.3 is 4.90 Å². The molecule has 0 spiro atoms. The summed E-state index contributed by atoms with van der Waals surface area (Å²) < 4.78 is 23.5. The predicted molar refractivity (Wildman–Crippen MR) is 85.0 cm³/mol. The van der Waals surface area contributed by atoms with Gasteiger partial charge in [0, 0.05) is 16.3 Å². The number of nitrogens with two attached hydrogens (primary N) is 1. The highest BCUT2D eigenvalue weighted by Gasteiger charge is 2.10. The first-order valence-electron chi connectivity index (χ1n) is 5.51. The maximum Gasteiger partial charge on any atom is 0.238 e. The van der Waals surface area contributed by atoms with Crippen LogP contribution in [0.3, 0.4) is 0 Å². The minimum absolute atomic E-state index is 0.118. The Bertz CT molecular complexity index is 684. The van der Waals surface area contributed by atoms with E-state index in [1.54, 1.807) is 12.1 Å². The average Bonchev–Trinajstić information content (AvgIpc) is 2.38. The summed E-state index contributed by atoms with van der Waals surface area (Å²) in [5, 5.41) is 5.08. The Morgan fingerprint density at radius 2 is 1.63 bits per heavy atom. The minimum Gasteiger partial charge on any atom is -0.344 e. The lowest BCUT2D eigenvalue weighted by molar-refractivity contribution is 0.598. The smallest absolute Gasteiger partial charge is 0.238 e. The van der Waals surface area contributed by atoms with Crippen molar-refractivity contribution in [3.8, 4) is 0 Å². The SMILES string of the molecule is CN(c1ccc(S(N)(=O)=O)cc1)c1ccccc1I. The van der Waals surface area contributed by atoms with E-state index >= 15 is 0 Å². The van der Waals surface area contributed by atoms with Crippen molar-refractivity contribution in [1.82, 2.24) is 0 Å². The molecule has 0 aliphatic heterocycles. The molecule has 6 heteroatoms. The number of benzene rings is 2. The Morgan fingerprint density at radius 1 is 1.05 bits per heavy atom. The second-order valence-corrected chi connectivity index (χ2v) is 6.77. The van der Waals surface area contributed by atoms with Gasteiger partial charge >= 0.3 is 0 Å². The first kappa shape index (κ1) is 14.3. The number of halogens is 1. The zero-order valence-electron chi connectivity index (χ0n) is 10.2. The molecule has 19 heavy (non-hydrogen) atoms. The highest BCUT2D eigenvalue weighted by Crippen LogP contribution is 2.28. The van der Waals surface area contributed by atoms with Crippen LogP contribution in [-0.2, 0) is 10.0 Å². The van der Waals surface area contributed by atoms with E-state index in [0.29, 0.717) is 0 Å². The Balaban J connectivity index is 2.36. The van der Waals surface area contributed by atoms with E-state index in [9.17, 15) is 8.42 Å². The summed E-state index contributed by atoms with van der Waals surface area (Å²) in [5.74, 6) is 0. The van der Waals surface area contributed by atoms with E-state index in [-0.39, 0.29) is 4.90 Å². The third-order valence-corrected chi connectivity index (χ3v) is 4.61. The number of hydrogen-bond acceptors (Lipinski definition) is 3. The first-order chi connectivity index (χ1) is 8.89. The van der Waals surface area contributed by atoms with Gasteiger partial charge in [0.1, 0.15) is 0 Å². The van der Waals surface area contributed by atoms with Gasteiger partial charge in [0.2, 0.25) is 10.0 Å². The number of rotatable bonds is 3. The summed E-state index contributed by atoms with van der Waals surface area (Å²) in [7, 11) is -1.70. The van der Waals surface area contributed by atoms with Crippen LogP contribution in [0.4, 0.5) is 11.4 Å². The number of nitrogens with zero attached hydrogens (tertiary/aromatic N) is 1. The monoisotopic (exact) mass is 388 g/mol. The van der Waals surface area contributed by atoms with Gasteiger partial charge in [-0.1, -0.05) is 12.1 Å². The number of anilines is 2. The van der Waals surface area contributed by atoms with Crippen molar-refractivity contribution in [2.75, 3.05) is 11.9 Å². The van der Waals surface area contributed by atoms with Gasteiger partial charge in [-0.25, -0.2) is 13.6 Å². The summed E-state index contributed by atoms with van der Waals surface area (Å²) in [6, 6.07) is 14.5. The predicted octanol–water partition coefficient (Wildman–Crippen LogP) is 2.71. The molecule has 0 fully saturated rings. The zero-order chi connectivity index (χ0) is 14.0. The van der Waals surface area contributed by atoms with Crippen LogP contribution in [0.2, 0.25) is 0 Å². The van der Waals surface area contributed by atoms with Gasteiger partial charge in [0.05, 0.1) is 10.6 Å². The average molecular weight is 388 g/mol. The topological polar surface area (TPSA) is 63.4 Å². The molecule has 0 aromatic heterocycles. The van der Waals surface area contributed by atoms with Crippen LogP contribution in [0.1, 0.15) is 0 Å². The molecule has 0 bridgehead atoms. The Morgan fingerprint density at radius 3 is 2.16 bits per heavy atom. The van der Waals surface area contributed by atoms with Crippen LogP contribution in [-0.4, -0.2) is 15.5 Å². The Hall–Kier alpha value is -1.12. The van der Waals surface area contributed by atoms with Crippen LogP contribution in [0.15, 0.2) is 53.4 Å². The summed E-state index contributed by atoms with van der Waals surface area (Å²) in [6.45, 7) is 0. The van der Waals surface area contributed by atoms with Gasteiger partial charge in [0.25, 0.3) is 0 Å². The summed E-state index contributed by atoms with van der Waals surface area (Å²) >= 11 is 2.26. The number of hydrogen-bond donors (Lipinski definition) is 1. The van der Waals surface area contributed by atoms with Gasteiger partial charge in [-0.15, -0.1) is 0 Å². The molecular weight excluding hydrogens is 375 g/mol. The van der Waals surface area contributed by atoms with E-state index in [1.165, 1.54) is 12.1 Å². The molecule has 0 amide bonds. The molecule has 2 N–H and O–H groups in total. The lowest BCUT2D eigenvalue weighted by Crippen LogP contribution is -2.13. The van der Waals surface area contributed by atoms with Crippen LogP contribution in [0.25, 0.3) is 0 Å². The van der Waals surface area contributed by atoms with E-state index in [1.807, 2.05) is 36.2 Å². The van der Waals surface area contributed by atoms with E-state index in [2.05, 4.69) is 22.6 Å². The van der Waals surface area contributed by atoms with Crippen molar-refractivity contribution in [3.63, 3.8) is 0 Å².